The Kier molecular flexibility index (Phi) is 6.20. The fourth-order valence-corrected chi connectivity index (χ4v) is 2.27. The van der Waals surface area contributed by atoms with E-state index in [4.69, 9.17) is 4.74 Å². The summed E-state index contributed by atoms with van der Waals surface area (Å²) < 4.78 is 4.79. The summed E-state index contributed by atoms with van der Waals surface area (Å²) in [7, 11) is 1.45. The molecular formula is C16H22O2. The minimum atomic E-state index is -0.135. The lowest BCUT2D eigenvalue weighted by molar-refractivity contribution is -0.141. The summed E-state index contributed by atoms with van der Waals surface area (Å²) in [6.07, 6.45) is 4.63. The van der Waals surface area contributed by atoms with Gasteiger partial charge in [-0.25, -0.2) is 0 Å². The SMILES string of the molecule is C/C=C(\c1ccccc1)C(CCC)CC(=O)OC. The molecule has 1 unspecified atom stereocenters. The van der Waals surface area contributed by atoms with E-state index >= 15 is 0 Å². The quantitative estimate of drug-likeness (QED) is 0.707. The lowest BCUT2D eigenvalue weighted by atomic mass is 9.86. The Morgan fingerprint density at radius 3 is 2.50 bits per heavy atom. The van der Waals surface area contributed by atoms with Crippen molar-refractivity contribution < 1.29 is 9.53 Å². The second-order valence-electron chi connectivity index (χ2n) is 4.38. The number of carbonyl (C=O) groups excluding carboxylic acids is 1. The number of carbonyl (C=O) groups is 1. The summed E-state index contributed by atoms with van der Waals surface area (Å²) in [6, 6.07) is 10.2. The Balaban J connectivity index is 2.92. The summed E-state index contributed by atoms with van der Waals surface area (Å²) in [5.74, 6) is 0.110. The van der Waals surface area contributed by atoms with Crippen LogP contribution in [0.4, 0.5) is 0 Å². The molecule has 1 atom stereocenters. The fraction of sp³-hybridized carbons (Fsp3) is 0.438. The molecule has 1 aromatic rings. The molecule has 98 valence electrons. The first-order chi connectivity index (χ1) is 8.72. The van der Waals surface area contributed by atoms with Crippen LogP contribution in [0.25, 0.3) is 5.57 Å². The van der Waals surface area contributed by atoms with Crippen LogP contribution in [0.15, 0.2) is 36.4 Å². The zero-order valence-corrected chi connectivity index (χ0v) is 11.5. The predicted octanol–water partition coefficient (Wildman–Crippen LogP) is 4.07. The number of hydrogen-bond acceptors (Lipinski definition) is 2. The van der Waals surface area contributed by atoms with Gasteiger partial charge in [0.1, 0.15) is 0 Å². The van der Waals surface area contributed by atoms with Crippen molar-refractivity contribution in [3.05, 3.63) is 42.0 Å². The number of rotatable bonds is 6. The molecule has 18 heavy (non-hydrogen) atoms. The molecule has 0 saturated heterocycles. The maximum absolute atomic E-state index is 11.5. The Labute approximate surface area is 110 Å². The van der Waals surface area contributed by atoms with E-state index in [1.165, 1.54) is 18.2 Å². The summed E-state index contributed by atoms with van der Waals surface area (Å²) in [4.78, 5) is 11.5. The van der Waals surface area contributed by atoms with E-state index in [-0.39, 0.29) is 11.9 Å². The molecule has 2 heteroatoms. The topological polar surface area (TPSA) is 26.3 Å². The van der Waals surface area contributed by atoms with E-state index < -0.39 is 0 Å². The predicted molar refractivity (Wildman–Crippen MR) is 75.1 cm³/mol. The number of methoxy groups -OCH3 is 1. The smallest absolute Gasteiger partial charge is 0.306 e. The van der Waals surface area contributed by atoms with Gasteiger partial charge in [0.15, 0.2) is 0 Å². The Morgan fingerprint density at radius 1 is 1.33 bits per heavy atom. The van der Waals surface area contributed by atoms with Gasteiger partial charge in [-0.3, -0.25) is 4.79 Å². The summed E-state index contributed by atoms with van der Waals surface area (Å²) in [5, 5.41) is 0. The number of benzene rings is 1. The number of hydrogen-bond donors (Lipinski definition) is 0. The van der Waals surface area contributed by atoms with Gasteiger partial charge in [-0.1, -0.05) is 49.8 Å². The van der Waals surface area contributed by atoms with E-state index in [1.54, 1.807) is 0 Å². The van der Waals surface area contributed by atoms with Gasteiger partial charge in [-0.15, -0.1) is 0 Å². The molecule has 0 aliphatic heterocycles. The zero-order chi connectivity index (χ0) is 13.4. The Hall–Kier alpha value is -1.57. The lowest BCUT2D eigenvalue weighted by Crippen LogP contribution is -2.11. The van der Waals surface area contributed by atoms with Crippen molar-refractivity contribution in [2.75, 3.05) is 7.11 Å². The van der Waals surface area contributed by atoms with Crippen LogP contribution >= 0.6 is 0 Å². The van der Waals surface area contributed by atoms with Gasteiger partial charge in [0.25, 0.3) is 0 Å². The molecule has 0 aliphatic rings. The number of esters is 1. The number of allylic oxidation sites excluding steroid dienone is 2. The van der Waals surface area contributed by atoms with E-state index in [9.17, 15) is 4.79 Å². The highest BCUT2D eigenvalue weighted by Gasteiger charge is 2.18. The molecule has 0 saturated carbocycles. The third kappa shape index (κ3) is 4.02. The first-order valence-electron chi connectivity index (χ1n) is 6.51. The van der Waals surface area contributed by atoms with Crippen LogP contribution in [-0.4, -0.2) is 13.1 Å². The first kappa shape index (κ1) is 14.5. The molecule has 0 aliphatic carbocycles. The maximum Gasteiger partial charge on any atom is 0.306 e. The van der Waals surface area contributed by atoms with Gasteiger partial charge in [-0.2, -0.15) is 0 Å². The van der Waals surface area contributed by atoms with Crippen LogP contribution in [-0.2, 0) is 9.53 Å². The first-order valence-corrected chi connectivity index (χ1v) is 6.51. The molecule has 1 aromatic carbocycles. The Bertz CT molecular complexity index is 393. The van der Waals surface area contributed by atoms with Gasteiger partial charge in [0.2, 0.25) is 0 Å². The summed E-state index contributed by atoms with van der Waals surface area (Å²) >= 11 is 0. The molecule has 0 bridgehead atoms. The largest absolute Gasteiger partial charge is 0.469 e. The van der Waals surface area contributed by atoms with Crippen molar-refractivity contribution >= 4 is 11.5 Å². The van der Waals surface area contributed by atoms with Crippen molar-refractivity contribution in [1.29, 1.82) is 0 Å². The summed E-state index contributed by atoms with van der Waals surface area (Å²) in [5.41, 5.74) is 2.44. The molecule has 0 heterocycles. The van der Waals surface area contributed by atoms with Crippen LogP contribution in [0.5, 0.6) is 0 Å². The molecular weight excluding hydrogens is 224 g/mol. The van der Waals surface area contributed by atoms with E-state index in [0.717, 1.165) is 12.8 Å². The van der Waals surface area contributed by atoms with Crippen LogP contribution < -0.4 is 0 Å². The van der Waals surface area contributed by atoms with Gasteiger partial charge < -0.3 is 4.74 Å². The van der Waals surface area contributed by atoms with Crippen LogP contribution in [0, 0.1) is 5.92 Å². The second kappa shape index (κ2) is 7.70. The second-order valence-corrected chi connectivity index (χ2v) is 4.38. The standard InChI is InChI=1S/C16H22O2/c1-4-9-14(12-16(17)18-3)15(5-2)13-10-7-6-8-11-13/h5-8,10-11,14H,4,9,12H2,1-3H3/b15-5+. The molecule has 0 amide bonds. The van der Waals surface area contributed by atoms with Crippen molar-refractivity contribution in [3.63, 3.8) is 0 Å². The molecule has 0 radical (unpaired) electrons. The highest BCUT2D eigenvalue weighted by molar-refractivity contribution is 5.75. The lowest BCUT2D eigenvalue weighted by Gasteiger charge is -2.19. The van der Waals surface area contributed by atoms with Crippen molar-refractivity contribution in [3.8, 4) is 0 Å². The van der Waals surface area contributed by atoms with Gasteiger partial charge in [0, 0.05) is 0 Å². The molecule has 0 aromatic heterocycles. The Morgan fingerprint density at radius 2 is 2.00 bits per heavy atom. The van der Waals surface area contributed by atoms with Crippen LogP contribution in [0.1, 0.15) is 38.7 Å². The maximum atomic E-state index is 11.5. The van der Waals surface area contributed by atoms with Gasteiger partial charge in [-0.05, 0) is 30.4 Å². The average Bonchev–Trinajstić information content (AvgIpc) is 2.41. The van der Waals surface area contributed by atoms with E-state index in [0.29, 0.717) is 6.42 Å². The molecule has 0 fully saturated rings. The average molecular weight is 246 g/mol. The molecule has 0 N–H and O–H groups in total. The minimum Gasteiger partial charge on any atom is -0.469 e. The molecule has 2 nitrogen and oxygen atoms in total. The highest BCUT2D eigenvalue weighted by atomic mass is 16.5. The third-order valence-electron chi connectivity index (χ3n) is 3.14. The minimum absolute atomic E-state index is 0.135. The van der Waals surface area contributed by atoms with Crippen molar-refractivity contribution in [2.24, 2.45) is 5.92 Å². The third-order valence-corrected chi connectivity index (χ3v) is 3.14. The normalized spacial score (nSPS) is 13.2. The zero-order valence-electron chi connectivity index (χ0n) is 11.5. The highest BCUT2D eigenvalue weighted by Crippen LogP contribution is 2.29. The molecule has 0 spiro atoms. The van der Waals surface area contributed by atoms with Gasteiger partial charge in [0.05, 0.1) is 13.5 Å². The number of ether oxygens (including phenoxy) is 1. The van der Waals surface area contributed by atoms with Crippen molar-refractivity contribution in [1.82, 2.24) is 0 Å². The fourth-order valence-electron chi connectivity index (χ4n) is 2.27. The van der Waals surface area contributed by atoms with Crippen LogP contribution in [0.2, 0.25) is 0 Å². The van der Waals surface area contributed by atoms with Crippen molar-refractivity contribution in [2.45, 2.75) is 33.1 Å². The van der Waals surface area contributed by atoms with E-state index in [2.05, 4.69) is 25.1 Å². The van der Waals surface area contributed by atoms with Gasteiger partial charge >= 0.3 is 5.97 Å². The van der Waals surface area contributed by atoms with Crippen LogP contribution in [0.3, 0.4) is 0 Å². The monoisotopic (exact) mass is 246 g/mol. The molecule has 1 rings (SSSR count). The van der Waals surface area contributed by atoms with E-state index in [1.807, 2.05) is 25.1 Å². The summed E-state index contributed by atoms with van der Waals surface area (Å²) in [6.45, 7) is 4.17.